The maximum Gasteiger partial charge on any atom is 0.330 e. The van der Waals surface area contributed by atoms with E-state index < -0.39 is 31.7 Å². The summed E-state index contributed by atoms with van der Waals surface area (Å²) >= 11 is 11.7. The van der Waals surface area contributed by atoms with E-state index in [4.69, 9.17) is 48.8 Å². The van der Waals surface area contributed by atoms with Crippen molar-refractivity contribution in [1.82, 2.24) is 9.97 Å². The third-order valence-corrected chi connectivity index (χ3v) is 26.4. The number of aliphatic carboxylic acids is 2. The van der Waals surface area contributed by atoms with Crippen LogP contribution < -0.4 is 18.9 Å². The normalized spacial score (nSPS) is 13.9. The number of fused-ring (bicyclic) bond motifs is 3. The van der Waals surface area contributed by atoms with Gasteiger partial charge in [0.05, 0.1) is 73.5 Å². The number of rotatable bonds is 24. The summed E-state index contributed by atoms with van der Waals surface area (Å²) in [6.45, 7) is 15.5. The number of unbranched alkanes of at least 4 members (excludes halogenated alkanes) is 3. The first kappa shape index (κ1) is 84.6. The van der Waals surface area contributed by atoms with Crippen molar-refractivity contribution in [2.75, 3.05) is 51.6 Å². The number of hydrogen-bond donors (Lipinski definition) is 4. The number of carboxylic acids is 2. The fourth-order valence-corrected chi connectivity index (χ4v) is 21.0. The molecule has 518 valence electrons. The minimum absolute atomic E-state index is 0.0219. The molecule has 2 aromatic heterocycles. The molecule has 9 rings (SSSR count). The molecule has 0 saturated heterocycles. The van der Waals surface area contributed by atoms with E-state index in [-0.39, 0.29) is 60.0 Å². The number of halogens is 4. The molecular weight excluding hydrogens is 1590 g/mol. The van der Waals surface area contributed by atoms with Crippen LogP contribution in [-0.2, 0) is 38.2 Å². The van der Waals surface area contributed by atoms with E-state index in [0.29, 0.717) is 68.4 Å². The molecule has 0 bridgehead atoms. The van der Waals surface area contributed by atoms with Crippen LogP contribution in [0, 0.1) is 0 Å². The molecule has 0 aliphatic carbocycles. The van der Waals surface area contributed by atoms with E-state index in [9.17, 15) is 24.0 Å². The summed E-state index contributed by atoms with van der Waals surface area (Å²) in [6.07, 6.45) is 18.9. The van der Waals surface area contributed by atoms with Gasteiger partial charge in [0.1, 0.15) is 45.7 Å². The van der Waals surface area contributed by atoms with Crippen LogP contribution in [0.1, 0.15) is 134 Å². The van der Waals surface area contributed by atoms with Gasteiger partial charge in [0.2, 0.25) is 0 Å². The predicted octanol–water partition coefficient (Wildman–Crippen LogP) is 17.6. The smallest absolute Gasteiger partial charge is 0.330 e. The number of pyridine rings is 2. The van der Waals surface area contributed by atoms with Gasteiger partial charge >= 0.3 is 122 Å². The molecule has 0 spiro atoms. The second-order valence-corrected chi connectivity index (χ2v) is 33.9. The number of phenolic OH excluding ortho intramolecular Hbond substituents is 1. The van der Waals surface area contributed by atoms with Crippen LogP contribution in [0.15, 0.2) is 172 Å². The van der Waals surface area contributed by atoms with Crippen LogP contribution in [0.2, 0.25) is 13.3 Å². The van der Waals surface area contributed by atoms with Crippen molar-refractivity contribution in [3.05, 3.63) is 188 Å². The Morgan fingerprint density at radius 3 is 1.44 bits per heavy atom. The summed E-state index contributed by atoms with van der Waals surface area (Å²) in [4.78, 5) is 61.6. The number of phenols is 1. The Morgan fingerprint density at radius 1 is 0.526 bits per heavy atom. The average Bonchev–Trinajstić information content (AvgIpc) is 1.73. The molecule has 4 aromatic carbocycles. The van der Waals surface area contributed by atoms with Crippen LogP contribution in [0.5, 0.6) is 34.5 Å². The summed E-state index contributed by atoms with van der Waals surface area (Å²) in [5, 5.41) is 35.6. The number of aromatic nitrogens is 2. The van der Waals surface area contributed by atoms with Crippen molar-refractivity contribution >= 4 is 113 Å². The Hall–Kier alpha value is -6.47. The molecule has 4 N–H and O–H groups in total. The number of benzene rings is 4. The zero-order chi connectivity index (χ0) is 70.0. The van der Waals surface area contributed by atoms with Gasteiger partial charge in [0, 0.05) is 58.8 Å². The Bertz CT molecular complexity index is 3040. The number of carbonyl (C=O) groups excluding carboxylic acids is 3. The number of alkyl halides is 1. The van der Waals surface area contributed by atoms with E-state index in [1.165, 1.54) is 50.7 Å². The fraction of sp³-hybridized carbons (Fsp3) is 0.403. The van der Waals surface area contributed by atoms with Crippen LogP contribution >= 0.6 is 63.7 Å². The first-order valence-corrected chi connectivity index (χ1v) is 42.3. The molecule has 0 amide bonds. The standard InChI is InChI=1S/C12H13BrO3.C12H14O3.C10H10O3.C9H9NO3.C6H9BrO2.C6H5BrO.C5H4BrNO.3C4H9.Sn.H/c1-2-15-12(14)8-5-9-16-11-7-4-3-6-10(11)13;1-2-14-12(13)7-9-8-15-11-6-4-3-5-10(9)11;11-10(12)5-7-6-13-9-4-2-1-3-8(7)9;11-8(12)4-6-5-13-7-2-1-3-10-9(6)7;1-2-9-6(8)4-3-5-7;7-5-3-1-2-4-6(5)8;6-5-4(8)2-1-3-7-5;3*1-3-4-2;;/h3-8H,2,9H2,1H3;3-6,9H,2,7-8H2,1H3;1-4,7H,5-6H2,(H,11,12);1-3,6H,4-5H2,(H,11,12);3-4H,2,5H2,1H3;1-4,8H;1-3,8H;3*1,3-4H2,2H3;;/b8-5+;;;;4-3+;;;;;;;. The molecule has 3 aliphatic heterocycles. The zero-order valence-electron chi connectivity index (χ0n) is 55.1. The molecule has 3 atom stereocenters. The van der Waals surface area contributed by atoms with Gasteiger partial charge in [0.25, 0.3) is 0 Å². The maximum atomic E-state index is 11.3. The number of hydrogen-bond acceptors (Lipinski definition) is 16. The molecular formula is C72H92Br4N2O16Sn. The molecule has 5 heterocycles. The van der Waals surface area contributed by atoms with Crippen LogP contribution in [0.4, 0.5) is 0 Å². The van der Waals surface area contributed by atoms with Crippen LogP contribution in [-0.4, -0.2) is 132 Å². The number of esters is 3. The molecule has 0 saturated carbocycles. The Kier molecular flexibility index (Phi) is 46.9. The second-order valence-electron chi connectivity index (χ2n) is 21.0. The van der Waals surface area contributed by atoms with Crippen molar-refractivity contribution < 1.29 is 77.6 Å². The summed E-state index contributed by atoms with van der Waals surface area (Å²) < 4.78 is 43.0. The van der Waals surface area contributed by atoms with Gasteiger partial charge in [-0.3, -0.25) is 19.4 Å². The summed E-state index contributed by atoms with van der Waals surface area (Å²) in [5.41, 5.74) is 2.90. The van der Waals surface area contributed by atoms with Gasteiger partial charge in [-0.2, -0.15) is 0 Å². The van der Waals surface area contributed by atoms with Gasteiger partial charge in [0.15, 0.2) is 0 Å². The number of para-hydroxylation sites is 4. The quantitative estimate of drug-likeness (QED) is 0.0110. The average molecular weight is 1680 g/mol. The van der Waals surface area contributed by atoms with E-state index in [2.05, 4.69) is 99.2 Å². The van der Waals surface area contributed by atoms with Gasteiger partial charge in [-0.15, -0.1) is 0 Å². The largest absolute Gasteiger partial charge is 0.507 e. The van der Waals surface area contributed by atoms with Crippen LogP contribution in [0.3, 0.4) is 0 Å². The molecule has 0 radical (unpaired) electrons. The topological polar surface area (TPSA) is 257 Å². The van der Waals surface area contributed by atoms with Crippen molar-refractivity contribution in [3.63, 3.8) is 0 Å². The molecule has 3 unspecified atom stereocenters. The van der Waals surface area contributed by atoms with Gasteiger partial charge in [-0.1, -0.05) is 82.7 Å². The molecule has 0 fully saturated rings. The van der Waals surface area contributed by atoms with Crippen molar-refractivity contribution in [1.29, 1.82) is 0 Å². The molecule has 95 heavy (non-hydrogen) atoms. The van der Waals surface area contributed by atoms with Crippen molar-refractivity contribution in [3.8, 4) is 34.5 Å². The van der Waals surface area contributed by atoms with E-state index in [0.717, 1.165) is 43.0 Å². The number of ether oxygens (including phenoxy) is 7. The van der Waals surface area contributed by atoms with Gasteiger partial charge in [-0.05, 0) is 135 Å². The maximum absolute atomic E-state index is 11.3. The summed E-state index contributed by atoms with van der Waals surface area (Å²) in [6, 6.07) is 36.8. The number of aromatic hydroxyl groups is 2. The van der Waals surface area contributed by atoms with Crippen molar-refractivity contribution in [2.45, 2.75) is 130 Å². The summed E-state index contributed by atoms with van der Waals surface area (Å²) in [5.74, 6) is 1.36. The second kappa shape index (κ2) is 52.7. The van der Waals surface area contributed by atoms with E-state index in [1.54, 1.807) is 88.1 Å². The third-order valence-electron chi connectivity index (χ3n) is 13.6. The number of nitrogens with zero attached hydrogens (tertiary/aromatic N) is 2. The minimum atomic E-state index is -0.967. The minimum Gasteiger partial charge on any atom is -0.507 e. The monoisotopic (exact) mass is 1680 g/mol. The first-order valence-electron chi connectivity index (χ1n) is 31.8. The van der Waals surface area contributed by atoms with Crippen molar-refractivity contribution in [2.24, 2.45) is 0 Å². The fourth-order valence-electron chi connectivity index (χ4n) is 9.00. The molecule has 23 heteroatoms. The van der Waals surface area contributed by atoms with Gasteiger partial charge < -0.3 is 53.6 Å². The number of allylic oxidation sites excluding steroid dienone is 1. The Balaban J connectivity index is 0.000000374. The Labute approximate surface area is 600 Å². The Morgan fingerprint density at radius 2 is 0.968 bits per heavy atom. The SMILES string of the molecule is CCC[CH2][SnH]([CH2]CCC)[CH2]CCC.CCOC(=O)/C=C/CBr.CCOC(=O)/C=C/COc1ccccc1Br.CCOC(=O)CC1COc2ccccc21.O=C(O)CC1COc2ccccc21.O=C(O)CC1COc2cccnc21.Oc1ccccc1Br.Oc1cccnc1Br. The van der Waals surface area contributed by atoms with E-state index >= 15 is 0 Å². The first-order chi connectivity index (χ1) is 45.9. The van der Waals surface area contributed by atoms with E-state index in [1.807, 2.05) is 91.9 Å². The number of carbonyl (C=O) groups is 5. The zero-order valence-corrected chi connectivity index (χ0v) is 64.7. The van der Waals surface area contributed by atoms with Gasteiger partial charge in [-0.25, -0.2) is 14.6 Å². The summed E-state index contributed by atoms with van der Waals surface area (Å²) in [7, 11) is 0. The predicted molar refractivity (Wildman–Crippen MR) is 388 cm³/mol. The molecule has 6 aromatic rings. The number of carboxylic acid groups (broad SMARTS) is 2. The third kappa shape index (κ3) is 37.6. The van der Waals surface area contributed by atoms with Crippen LogP contribution in [0.25, 0.3) is 0 Å². The molecule has 3 aliphatic rings. The molecule has 18 nitrogen and oxygen atoms in total.